The van der Waals surface area contributed by atoms with E-state index < -0.39 is 34.5 Å². The largest absolute Gasteiger partial charge is 0.469 e. The highest BCUT2D eigenvalue weighted by atomic mass is 16.5. The van der Waals surface area contributed by atoms with Gasteiger partial charge >= 0.3 is 11.9 Å². The van der Waals surface area contributed by atoms with E-state index in [-0.39, 0.29) is 25.9 Å². The van der Waals surface area contributed by atoms with Crippen LogP contribution in [0.5, 0.6) is 0 Å². The van der Waals surface area contributed by atoms with E-state index in [2.05, 4.69) is 9.64 Å². The second kappa shape index (κ2) is 7.37. The molecule has 0 aromatic heterocycles. The normalized spacial score (nSPS) is 23.3. The Hall–Kier alpha value is -1.18. The lowest BCUT2D eigenvalue weighted by Crippen LogP contribution is -2.68. The van der Waals surface area contributed by atoms with Crippen molar-refractivity contribution in [3.8, 4) is 0 Å². The van der Waals surface area contributed by atoms with Gasteiger partial charge in [0.1, 0.15) is 0 Å². The zero-order chi connectivity index (χ0) is 18.8. The highest BCUT2D eigenvalue weighted by Gasteiger charge is 2.56. The van der Waals surface area contributed by atoms with Gasteiger partial charge in [0.2, 0.25) is 0 Å². The van der Waals surface area contributed by atoms with Gasteiger partial charge in [-0.3, -0.25) is 14.5 Å². The van der Waals surface area contributed by atoms with Crippen molar-refractivity contribution in [1.82, 2.24) is 4.90 Å². The fraction of sp³-hybridized carbons (Fsp3) is 0.882. The topological polar surface area (TPSA) is 96.3 Å². The molecule has 0 aromatic carbocycles. The number of nitrogens with zero attached hydrogens (tertiary/aromatic N) is 1. The van der Waals surface area contributed by atoms with E-state index in [1.54, 1.807) is 0 Å². The standard InChI is InChI=1S/C17H31NO6/c1-15(2)10-17(22,11-16(3,4)18(15)7-8-19)12(14(21)24-6)9-13(20)23-5/h12,19,22H,7-11H2,1-6H3. The first-order chi connectivity index (χ1) is 10.9. The van der Waals surface area contributed by atoms with Crippen LogP contribution in [0.4, 0.5) is 0 Å². The van der Waals surface area contributed by atoms with Crippen molar-refractivity contribution < 1.29 is 29.3 Å². The SMILES string of the molecule is COC(=O)CC(C(=O)OC)C1(O)CC(C)(C)N(CCO)C(C)(C)C1. The van der Waals surface area contributed by atoms with E-state index in [1.807, 2.05) is 27.7 Å². The monoisotopic (exact) mass is 345 g/mol. The first-order valence-electron chi connectivity index (χ1n) is 8.19. The fourth-order valence-corrected chi connectivity index (χ4v) is 4.41. The maximum absolute atomic E-state index is 12.3. The lowest BCUT2D eigenvalue weighted by Gasteiger charge is -2.59. The minimum atomic E-state index is -1.40. The zero-order valence-electron chi connectivity index (χ0n) is 15.6. The molecule has 0 spiro atoms. The summed E-state index contributed by atoms with van der Waals surface area (Å²) in [4.78, 5) is 26.1. The van der Waals surface area contributed by atoms with Crippen LogP contribution in [0.2, 0.25) is 0 Å². The van der Waals surface area contributed by atoms with Crippen LogP contribution in [0.15, 0.2) is 0 Å². The van der Waals surface area contributed by atoms with Gasteiger partial charge in [-0.2, -0.15) is 0 Å². The summed E-state index contributed by atoms with van der Waals surface area (Å²) >= 11 is 0. The summed E-state index contributed by atoms with van der Waals surface area (Å²) < 4.78 is 9.50. The van der Waals surface area contributed by atoms with Crippen LogP contribution in [0.25, 0.3) is 0 Å². The predicted molar refractivity (Wildman–Crippen MR) is 88.3 cm³/mol. The molecule has 1 fully saturated rings. The highest BCUT2D eigenvalue weighted by molar-refractivity contribution is 5.81. The van der Waals surface area contributed by atoms with Crippen molar-refractivity contribution >= 4 is 11.9 Å². The Kier molecular flexibility index (Phi) is 6.41. The van der Waals surface area contributed by atoms with Gasteiger partial charge in [0.25, 0.3) is 0 Å². The first-order valence-corrected chi connectivity index (χ1v) is 8.19. The van der Waals surface area contributed by atoms with E-state index in [0.717, 1.165) is 0 Å². The number of piperidine rings is 1. The number of ether oxygens (including phenoxy) is 2. The van der Waals surface area contributed by atoms with Crippen LogP contribution < -0.4 is 0 Å². The van der Waals surface area contributed by atoms with Crippen LogP contribution in [0.3, 0.4) is 0 Å². The van der Waals surface area contributed by atoms with Crippen LogP contribution in [0, 0.1) is 5.92 Å². The third-order valence-electron chi connectivity index (χ3n) is 5.00. The number of rotatable bonds is 6. The number of aliphatic hydroxyl groups is 2. The second-order valence-electron chi connectivity index (χ2n) is 7.81. The Balaban J connectivity index is 3.23. The maximum atomic E-state index is 12.3. The Morgan fingerprint density at radius 1 is 1.08 bits per heavy atom. The molecule has 7 nitrogen and oxygen atoms in total. The summed E-state index contributed by atoms with van der Waals surface area (Å²) in [6, 6.07) is 0. The van der Waals surface area contributed by atoms with Crippen molar-refractivity contribution in [2.45, 2.75) is 63.6 Å². The predicted octanol–water partition coefficient (Wildman–Crippen LogP) is 0.715. The summed E-state index contributed by atoms with van der Waals surface area (Å²) in [6.45, 7) is 8.31. The van der Waals surface area contributed by atoms with E-state index in [0.29, 0.717) is 6.54 Å². The number of carbonyl (C=O) groups is 2. The smallest absolute Gasteiger partial charge is 0.312 e. The summed E-state index contributed by atoms with van der Waals surface area (Å²) in [5.41, 5.74) is -2.34. The molecular weight excluding hydrogens is 314 g/mol. The summed E-state index contributed by atoms with van der Waals surface area (Å²) in [5.74, 6) is -2.18. The Morgan fingerprint density at radius 3 is 1.96 bits per heavy atom. The summed E-state index contributed by atoms with van der Waals surface area (Å²) in [6.07, 6.45) is 0.326. The number of hydrogen-bond acceptors (Lipinski definition) is 7. The van der Waals surface area contributed by atoms with E-state index >= 15 is 0 Å². The molecular formula is C17H31NO6. The number of esters is 2. The van der Waals surface area contributed by atoms with E-state index in [4.69, 9.17) is 4.74 Å². The third-order valence-corrected chi connectivity index (χ3v) is 5.00. The van der Waals surface area contributed by atoms with Crippen molar-refractivity contribution in [2.75, 3.05) is 27.4 Å². The lowest BCUT2D eigenvalue weighted by molar-refractivity contribution is -0.186. The van der Waals surface area contributed by atoms with Crippen molar-refractivity contribution in [1.29, 1.82) is 0 Å². The lowest BCUT2D eigenvalue weighted by atomic mass is 9.65. The van der Waals surface area contributed by atoms with Gasteiger partial charge in [0.05, 0.1) is 38.8 Å². The second-order valence-corrected chi connectivity index (χ2v) is 7.81. The van der Waals surface area contributed by atoms with Gasteiger partial charge in [-0.05, 0) is 40.5 Å². The average molecular weight is 345 g/mol. The Morgan fingerprint density at radius 2 is 1.58 bits per heavy atom. The molecule has 0 bridgehead atoms. The van der Waals surface area contributed by atoms with Gasteiger partial charge in [-0.1, -0.05) is 0 Å². The molecule has 0 aromatic rings. The number of aliphatic hydroxyl groups excluding tert-OH is 1. The molecule has 7 heteroatoms. The molecule has 0 amide bonds. The molecule has 1 aliphatic rings. The molecule has 1 saturated heterocycles. The quantitative estimate of drug-likeness (QED) is 0.685. The fourth-order valence-electron chi connectivity index (χ4n) is 4.41. The average Bonchev–Trinajstić information content (AvgIpc) is 2.46. The Bertz CT molecular complexity index is 456. The minimum Gasteiger partial charge on any atom is -0.469 e. The molecule has 2 N–H and O–H groups in total. The van der Waals surface area contributed by atoms with Crippen molar-refractivity contribution in [2.24, 2.45) is 5.92 Å². The minimum absolute atomic E-state index is 0.00782. The zero-order valence-corrected chi connectivity index (χ0v) is 15.6. The number of likely N-dealkylation sites (tertiary alicyclic amines) is 1. The molecule has 1 aliphatic heterocycles. The van der Waals surface area contributed by atoms with Crippen LogP contribution in [0.1, 0.15) is 47.0 Å². The molecule has 140 valence electrons. The molecule has 1 heterocycles. The first kappa shape index (κ1) is 20.9. The molecule has 1 rings (SSSR count). The van der Waals surface area contributed by atoms with Gasteiger partial charge in [-0.25, -0.2) is 0 Å². The molecule has 0 saturated carbocycles. The Labute approximate surface area is 143 Å². The number of methoxy groups -OCH3 is 2. The maximum Gasteiger partial charge on any atom is 0.312 e. The highest BCUT2D eigenvalue weighted by Crippen LogP contribution is 2.47. The van der Waals surface area contributed by atoms with Crippen LogP contribution in [-0.4, -0.2) is 71.1 Å². The van der Waals surface area contributed by atoms with E-state index in [9.17, 15) is 19.8 Å². The number of carbonyl (C=O) groups excluding carboxylic acids is 2. The number of hydrogen-bond donors (Lipinski definition) is 2. The van der Waals surface area contributed by atoms with Crippen LogP contribution >= 0.6 is 0 Å². The van der Waals surface area contributed by atoms with E-state index in [1.165, 1.54) is 14.2 Å². The molecule has 0 radical (unpaired) electrons. The summed E-state index contributed by atoms with van der Waals surface area (Å²) in [5, 5.41) is 20.7. The van der Waals surface area contributed by atoms with Gasteiger partial charge < -0.3 is 19.7 Å². The molecule has 1 atom stereocenters. The molecule has 24 heavy (non-hydrogen) atoms. The summed E-state index contributed by atoms with van der Waals surface area (Å²) in [7, 11) is 2.49. The van der Waals surface area contributed by atoms with Gasteiger partial charge in [0, 0.05) is 17.6 Å². The third kappa shape index (κ3) is 4.26. The van der Waals surface area contributed by atoms with Crippen molar-refractivity contribution in [3.63, 3.8) is 0 Å². The van der Waals surface area contributed by atoms with Crippen LogP contribution in [-0.2, 0) is 19.1 Å². The van der Waals surface area contributed by atoms with Crippen molar-refractivity contribution in [3.05, 3.63) is 0 Å². The van der Waals surface area contributed by atoms with Gasteiger partial charge in [-0.15, -0.1) is 0 Å². The number of β-amino-alcohol motifs (C(OH)–C–C–N with tert-alkyl or cyclic N) is 1. The molecule has 0 aliphatic carbocycles. The molecule has 1 unspecified atom stereocenters. The van der Waals surface area contributed by atoms with Gasteiger partial charge in [0.15, 0.2) is 0 Å².